The maximum atomic E-state index is 12.2. The molecule has 0 aromatic carbocycles. The first kappa shape index (κ1) is 59.9. The van der Waals surface area contributed by atoms with Crippen LogP contribution in [0.1, 0.15) is 135 Å². The van der Waals surface area contributed by atoms with Crippen LogP contribution in [-0.2, 0) is 86.3 Å². The molecule has 2 atom stereocenters. The molecule has 6 fully saturated rings. The van der Waals surface area contributed by atoms with Gasteiger partial charge in [-0.15, -0.1) is 0 Å². The fraction of sp³-hybridized carbons (Fsp3) is 0.581. The molecule has 6 aliphatic heterocycles. The third-order valence-corrected chi connectivity index (χ3v) is 15.2. The van der Waals surface area contributed by atoms with Gasteiger partial charge in [0.2, 0.25) is 82.2 Å². The molecule has 0 bridgehead atoms. The van der Waals surface area contributed by atoms with E-state index in [1.165, 1.54) is 0 Å². The third kappa shape index (κ3) is 13.6. The minimum absolute atomic E-state index is 0.0121. The number of rotatable bonds is 24. The van der Waals surface area contributed by atoms with Crippen LogP contribution in [0.25, 0.3) is 0 Å². The molecule has 30 nitrogen and oxygen atoms in total. The van der Waals surface area contributed by atoms with Crippen LogP contribution in [0.2, 0.25) is 0 Å². The van der Waals surface area contributed by atoms with Gasteiger partial charge in [-0.25, -0.2) is 29.2 Å². The van der Waals surface area contributed by atoms with Crippen LogP contribution in [0.3, 0.4) is 0 Å². The molecule has 6 heterocycles. The highest BCUT2D eigenvalue weighted by atomic mass is 33.1. The Balaban J connectivity index is 0.000000244. The van der Waals surface area contributed by atoms with Crippen LogP contribution in [-0.4, -0.2) is 189 Å². The normalized spacial score (nSPS) is 19.0. The molecule has 0 aromatic rings. The molecule has 6 aliphatic rings. The lowest BCUT2D eigenvalue weighted by Crippen LogP contribution is -2.68. The van der Waals surface area contributed by atoms with Crippen molar-refractivity contribution >= 4 is 128 Å². The molecular weight excluding hydrogens is 1050 g/mol. The van der Waals surface area contributed by atoms with Crippen molar-refractivity contribution in [2.45, 2.75) is 157 Å². The number of carboxylic acids is 6. The summed E-state index contributed by atoms with van der Waals surface area (Å²) in [6.45, 7) is 0. The van der Waals surface area contributed by atoms with Crippen molar-refractivity contribution in [3.05, 3.63) is 0 Å². The standard InChI is InChI=1S/C16H20N2O8.C14H16N2O8S2.C13H14N2O8/c19-10-5-6-11(20)17(10)16(15(25)26,9-3-1-2-4-14(23)24)18-12(21)7-8-13(18)22;17-7-1-2-8(18)15(7)11(5-13(21)22)25-26-12(6-14(23)24)16-9(19)3-4-10(16)20;16-7-1-2-8(17)14(7)13(12(22)23,6-5-11(20)21)15-9(18)3-4-10(15)19/h1-9H2,(H,23,24)(H,25,26);11-12H,1-6H2,(H,21,22)(H,23,24);1-6H2,(H,20,21)(H,22,23). The second-order valence-electron chi connectivity index (χ2n) is 17.2. The van der Waals surface area contributed by atoms with Crippen molar-refractivity contribution in [3.8, 4) is 0 Å². The molecule has 32 heteroatoms. The number of nitrogens with zero attached hydrogens (tertiary/aromatic N) is 6. The summed E-state index contributed by atoms with van der Waals surface area (Å²) in [5, 5.41) is 53.0. The van der Waals surface area contributed by atoms with E-state index in [9.17, 15) is 96.5 Å². The van der Waals surface area contributed by atoms with Crippen molar-refractivity contribution in [2.75, 3.05) is 0 Å². The Morgan fingerprint density at radius 1 is 0.347 bits per heavy atom. The fourth-order valence-electron chi connectivity index (χ4n) is 8.90. The Morgan fingerprint density at radius 3 is 0.840 bits per heavy atom. The van der Waals surface area contributed by atoms with Crippen LogP contribution in [0, 0.1) is 0 Å². The predicted octanol–water partition coefficient (Wildman–Crippen LogP) is -0.702. The van der Waals surface area contributed by atoms with Gasteiger partial charge in [0.1, 0.15) is 10.7 Å². The molecule has 6 saturated heterocycles. The molecule has 0 saturated carbocycles. The van der Waals surface area contributed by atoms with Crippen molar-refractivity contribution < 1.29 is 117 Å². The number of carbonyl (C=O) groups is 18. The first-order valence-corrected chi connectivity index (χ1v) is 25.2. The number of unbranched alkanes of at least 4 members (excludes halogenated alkanes) is 2. The van der Waals surface area contributed by atoms with E-state index in [0.29, 0.717) is 26.0 Å². The molecule has 408 valence electrons. The van der Waals surface area contributed by atoms with E-state index in [-0.39, 0.29) is 103 Å². The average molecular weight is 1100 g/mol. The summed E-state index contributed by atoms with van der Waals surface area (Å²) in [5.74, 6) is -16.6. The van der Waals surface area contributed by atoms with Gasteiger partial charge < -0.3 is 30.6 Å². The van der Waals surface area contributed by atoms with Gasteiger partial charge >= 0.3 is 35.8 Å². The van der Waals surface area contributed by atoms with E-state index in [0.717, 1.165) is 31.4 Å². The van der Waals surface area contributed by atoms with E-state index >= 15 is 0 Å². The minimum Gasteiger partial charge on any atom is -0.481 e. The van der Waals surface area contributed by atoms with Crippen LogP contribution in [0.5, 0.6) is 0 Å². The third-order valence-electron chi connectivity index (χ3n) is 12.2. The fourth-order valence-corrected chi connectivity index (χ4v) is 11.9. The quantitative estimate of drug-likeness (QED) is 0.0395. The molecule has 0 aliphatic carbocycles. The lowest BCUT2D eigenvalue weighted by atomic mass is 9.96. The van der Waals surface area contributed by atoms with Gasteiger partial charge in [0.25, 0.3) is 0 Å². The number of hydrogen-bond donors (Lipinski definition) is 6. The molecule has 6 rings (SSSR count). The zero-order valence-corrected chi connectivity index (χ0v) is 41.2. The van der Waals surface area contributed by atoms with Gasteiger partial charge in [0.05, 0.1) is 19.3 Å². The Hall–Kier alpha value is -7.64. The Morgan fingerprint density at radius 2 is 0.600 bits per heavy atom. The maximum Gasteiger partial charge on any atom is 0.351 e. The van der Waals surface area contributed by atoms with Crippen molar-refractivity contribution in [2.24, 2.45) is 0 Å². The highest BCUT2D eigenvalue weighted by molar-refractivity contribution is 8.77. The van der Waals surface area contributed by atoms with Crippen molar-refractivity contribution in [1.82, 2.24) is 29.4 Å². The molecule has 2 unspecified atom stereocenters. The largest absolute Gasteiger partial charge is 0.481 e. The zero-order valence-electron chi connectivity index (χ0n) is 39.5. The van der Waals surface area contributed by atoms with Crippen LogP contribution >= 0.6 is 21.6 Å². The molecule has 0 aromatic heterocycles. The van der Waals surface area contributed by atoms with E-state index in [1.807, 2.05) is 0 Å². The molecule has 0 spiro atoms. The van der Waals surface area contributed by atoms with Gasteiger partial charge in [0.15, 0.2) is 0 Å². The van der Waals surface area contributed by atoms with Gasteiger partial charge in [-0.3, -0.25) is 86.5 Å². The predicted molar refractivity (Wildman–Crippen MR) is 242 cm³/mol. The SMILES string of the molecule is O=C(O)CC(SSC(CC(=O)O)N1C(=O)CCC1=O)N1C(=O)CCC1=O.O=C(O)CCC(C(=O)O)(N1C(=O)CCC1=O)N1C(=O)CCC1=O.O=C(O)CCCCCC(C(=O)O)(N1C(=O)CCC1=O)N1C(=O)CCC1=O. The molecule has 75 heavy (non-hydrogen) atoms. The Bertz CT molecular complexity index is 2270. The lowest BCUT2D eigenvalue weighted by molar-refractivity contribution is -0.184. The zero-order chi connectivity index (χ0) is 56.3. The molecular formula is C43H50N6O24S2. The first-order chi connectivity index (χ1) is 35.1. The Kier molecular flexibility index (Phi) is 20.4. The topological polar surface area (TPSA) is 448 Å². The number of carboxylic acid groups (broad SMARTS) is 6. The summed E-state index contributed by atoms with van der Waals surface area (Å²) in [4.78, 5) is 215. The summed E-state index contributed by atoms with van der Waals surface area (Å²) < 4.78 is 0. The highest BCUT2D eigenvalue weighted by Crippen LogP contribution is 2.41. The summed E-state index contributed by atoms with van der Waals surface area (Å²) in [5.41, 5.74) is -4.99. The van der Waals surface area contributed by atoms with E-state index in [2.05, 4.69) is 0 Å². The van der Waals surface area contributed by atoms with Crippen molar-refractivity contribution in [3.63, 3.8) is 0 Å². The smallest absolute Gasteiger partial charge is 0.351 e. The second-order valence-corrected chi connectivity index (χ2v) is 19.8. The molecule has 12 amide bonds. The van der Waals surface area contributed by atoms with Gasteiger partial charge in [-0.2, -0.15) is 0 Å². The van der Waals surface area contributed by atoms with E-state index in [4.69, 9.17) is 20.4 Å². The van der Waals surface area contributed by atoms with E-state index in [1.54, 1.807) is 0 Å². The van der Waals surface area contributed by atoms with Crippen LogP contribution in [0.15, 0.2) is 0 Å². The molecule has 6 N–H and O–H groups in total. The van der Waals surface area contributed by atoms with Crippen molar-refractivity contribution in [1.29, 1.82) is 0 Å². The summed E-state index contributed by atoms with van der Waals surface area (Å²) in [6.07, 6.45) is -4.04. The van der Waals surface area contributed by atoms with Crippen LogP contribution in [0.4, 0.5) is 0 Å². The number of likely N-dealkylation sites (tertiary alicyclic amines) is 6. The summed E-state index contributed by atoms with van der Waals surface area (Å²) >= 11 is 0. The average Bonchev–Trinajstić information content (AvgIpc) is 4.17. The monoisotopic (exact) mass is 1100 g/mol. The van der Waals surface area contributed by atoms with Gasteiger partial charge in [-0.05, 0) is 12.8 Å². The van der Waals surface area contributed by atoms with Gasteiger partial charge in [-0.1, -0.05) is 28.0 Å². The van der Waals surface area contributed by atoms with Crippen LogP contribution < -0.4 is 0 Å². The lowest BCUT2D eigenvalue weighted by Gasteiger charge is -2.42. The minimum atomic E-state index is -2.62. The number of amides is 12. The summed E-state index contributed by atoms with van der Waals surface area (Å²) in [6, 6.07) is 0. The highest BCUT2D eigenvalue weighted by Gasteiger charge is 2.62. The number of imide groups is 6. The maximum absolute atomic E-state index is 12.2. The van der Waals surface area contributed by atoms with E-state index < -0.39 is 154 Å². The van der Waals surface area contributed by atoms with Gasteiger partial charge in [0, 0.05) is 96.3 Å². The Labute approximate surface area is 430 Å². The number of aliphatic carboxylic acids is 6. The molecule has 0 radical (unpaired) electrons. The number of carbonyl (C=O) groups excluding carboxylic acids is 12. The first-order valence-electron chi connectivity index (χ1n) is 22.9. The summed E-state index contributed by atoms with van der Waals surface area (Å²) in [7, 11) is 1.61. The second kappa shape index (κ2) is 25.5. The number of hydrogen-bond acceptors (Lipinski definition) is 20.